The molecule has 0 fully saturated rings. The molecule has 1 aromatic carbocycles. The molecule has 186 valence electrons. The van der Waals surface area contributed by atoms with Crippen LogP contribution < -0.4 is 10.6 Å². The highest BCUT2D eigenvalue weighted by Crippen LogP contribution is 2.28. The SMILES string of the molecule is CN[C@@H](CC(C)C)C(=O)N[C@H]1C=C(C(=O)N2Cc3ccccc3C[C@H]2C(=O)OC)C[C@@H](O)[C@@H]1O. The number of aliphatic hydroxyl groups is 2. The van der Waals surface area contributed by atoms with Crippen LogP contribution >= 0.6 is 0 Å². The molecular weight excluding hydrogens is 438 g/mol. The summed E-state index contributed by atoms with van der Waals surface area (Å²) in [7, 11) is 2.97. The lowest BCUT2D eigenvalue weighted by atomic mass is 9.87. The molecule has 4 N–H and O–H groups in total. The quantitative estimate of drug-likeness (QED) is 0.419. The van der Waals surface area contributed by atoms with Crippen molar-refractivity contribution in [3.05, 3.63) is 47.0 Å². The van der Waals surface area contributed by atoms with E-state index in [9.17, 15) is 24.6 Å². The normalized spacial score (nSPS) is 25.3. The molecule has 0 spiro atoms. The molecule has 34 heavy (non-hydrogen) atoms. The fourth-order valence-electron chi connectivity index (χ4n) is 4.61. The van der Waals surface area contributed by atoms with Gasteiger partial charge in [-0.05, 0) is 30.5 Å². The smallest absolute Gasteiger partial charge is 0.328 e. The number of amides is 2. The average molecular weight is 474 g/mol. The number of aliphatic hydroxyl groups excluding tert-OH is 2. The standard InChI is InChI=1S/C25H35N3O6/c1-14(2)9-19(26-3)23(31)27-18-10-17(12-21(29)22(18)30)24(32)28-13-16-8-6-5-7-15(16)11-20(28)25(33)34-4/h5-8,10,14,18-22,26,29-30H,9,11-13H2,1-4H3,(H,27,31)/t18-,19-,20-,21+,22+/m0/s1. The van der Waals surface area contributed by atoms with Gasteiger partial charge < -0.3 is 30.5 Å². The predicted octanol–water partition coefficient (Wildman–Crippen LogP) is 0.284. The Hall–Kier alpha value is -2.75. The third-order valence-electron chi connectivity index (χ3n) is 6.51. The summed E-state index contributed by atoms with van der Waals surface area (Å²) >= 11 is 0. The van der Waals surface area contributed by atoms with Gasteiger partial charge in [-0.1, -0.05) is 44.2 Å². The highest BCUT2D eigenvalue weighted by Gasteiger charge is 2.40. The van der Waals surface area contributed by atoms with E-state index in [0.29, 0.717) is 12.8 Å². The fourth-order valence-corrected chi connectivity index (χ4v) is 4.61. The molecule has 2 amide bonds. The molecule has 3 rings (SSSR count). The maximum atomic E-state index is 13.5. The van der Waals surface area contributed by atoms with Gasteiger partial charge >= 0.3 is 5.97 Å². The van der Waals surface area contributed by atoms with Crippen LogP contribution in [-0.2, 0) is 32.1 Å². The van der Waals surface area contributed by atoms with Crippen LogP contribution in [0.15, 0.2) is 35.9 Å². The highest BCUT2D eigenvalue weighted by molar-refractivity contribution is 5.97. The number of hydrogen-bond acceptors (Lipinski definition) is 7. The Kier molecular flexibility index (Phi) is 8.46. The number of benzene rings is 1. The van der Waals surface area contributed by atoms with Crippen molar-refractivity contribution in [3.8, 4) is 0 Å². The van der Waals surface area contributed by atoms with E-state index in [2.05, 4.69) is 10.6 Å². The maximum absolute atomic E-state index is 13.5. The van der Waals surface area contributed by atoms with Gasteiger partial charge in [0.2, 0.25) is 5.91 Å². The molecule has 0 bridgehead atoms. The van der Waals surface area contributed by atoms with Gasteiger partial charge in [0.15, 0.2) is 0 Å². The lowest BCUT2D eigenvalue weighted by Gasteiger charge is -2.38. The van der Waals surface area contributed by atoms with Crippen molar-refractivity contribution >= 4 is 17.8 Å². The number of esters is 1. The Morgan fingerprint density at radius 3 is 2.44 bits per heavy atom. The van der Waals surface area contributed by atoms with E-state index >= 15 is 0 Å². The molecule has 1 aromatic rings. The van der Waals surface area contributed by atoms with Gasteiger partial charge in [-0.15, -0.1) is 0 Å². The molecule has 0 saturated carbocycles. The van der Waals surface area contributed by atoms with Crippen LogP contribution in [-0.4, -0.2) is 77.4 Å². The summed E-state index contributed by atoms with van der Waals surface area (Å²) in [5.74, 6) is -0.996. The fraction of sp³-hybridized carbons (Fsp3) is 0.560. The molecule has 9 nitrogen and oxygen atoms in total. The Balaban J connectivity index is 1.85. The predicted molar refractivity (Wildman–Crippen MR) is 125 cm³/mol. The number of rotatable bonds is 7. The minimum absolute atomic E-state index is 0.0835. The van der Waals surface area contributed by atoms with Crippen molar-refractivity contribution in [1.29, 1.82) is 0 Å². The van der Waals surface area contributed by atoms with Crippen LogP contribution in [0.5, 0.6) is 0 Å². The van der Waals surface area contributed by atoms with Gasteiger partial charge in [0.25, 0.3) is 5.91 Å². The molecule has 1 aliphatic heterocycles. The Morgan fingerprint density at radius 1 is 1.15 bits per heavy atom. The van der Waals surface area contributed by atoms with Crippen molar-refractivity contribution < 1.29 is 29.3 Å². The van der Waals surface area contributed by atoms with Gasteiger partial charge in [-0.25, -0.2) is 4.79 Å². The molecule has 5 atom stereocenters. The second kappa shape index (κ2) is 11.1. The first kappa shape index (κ1) is 25.9. The zero-order valence-electron chi connectivity index (χ0n) is 20.2. The van der Waals surface area contributed by atoms with Gasteiger partial charge in [-0.2, -0.15) is 0 Å². The summed E-state index contributed by atoms with van der Waals surface area (Å²) in [4.78, 5) is 40.3. The minimum atomic E-state index is -1.25. The maximum Gasteiger partial charge on any atom is 0.328 e. The number of carbonyl (C=O) groups is 3. The van der Waals surface area contributed by atoms with Crippen molar-refractivity contribution in [3.63, 3.8) is 0 Å². The molecule has 9 heteroatoms. The number of ether oxygens (including phenoxy) is 1. The van der Waals surface area contributed by atoms with Gasteiger partial charge in [0.05, 0.1) is 25.3 Å². The van der Waals surface area contributed by atoms with Crippen LogP contribution in [0.25, 0.3) is 0 Å². The van der Waals surface area contributed by atoms with Crippen molar-refractivity contribution in [2.75, 3.05) is 14.2 Å². The second-order valence-corrected chi connectivity index (χ2v) is 9.40. The molecule has 1 heterocycles. The number of fused-ring (bicyclic) bond motifs is 1. The lowest BCUT2D eigenvalue weighted by molar-refractivity contribution is -0.152. The van der Waals surface area contributed by atoms with Crippen LogP contribution in [0.1, 0.15) is 37.8 Å². The Labute approximate surface area is 200 Å². The van der Waals surface area contributed by atoms with E-state index in [0.717, 1.165) is 11.1 Å². The average Bonchev–Trinajstić information content (AvgIpc) is 2.83. The molecular formula is C25H35N3O6. The van der Waals surface area contributed by atoms with Gasteiger partial charge in [-0.3, -0.25) is 9.59 Å². The zero-order valence-corrected chi connectivity index (χ0v) is 20.2. The number of carbonyl (C=O) groups excluding carboxylic acids is 3. The molecule has 0 radical (unpaired) electrons. The summed E-state index contributed by atoms with van der Waals surface area (Å²) in [6.07, 6.45) is -0.158. The number of nitrogens with one attached hydrogen (secondary N) is 2. The van der Waals surface area contributed by atoms with Crippen molar-refractivity contribution in [2.45, 2.75) is 70.0 Å². The number of methoxy groups -OCH3 is 1. The van der Waals surface area contributed by atoms with Gasteiger partial charge in [0, 0.05) is 25.0 Å². The number of nitrogens with zero attached hydrogens (tertiary/aromatic N) is 1. The van der Waals surface area contributed by atoms with Crippen LogP contribution in [0.4, 0.5) is 0 Å². The van der Waals surface area contributed by atoms with E-state index in [1.807, 2.05) is 38.1 Å². The van der Waals surface area contributed by atoms with E-state index in [1.165, 1.54) is 18.1 Å². The first-order chi connectivity index (χ1) is 16.2. The topological polar surface area (TPSA) is 128 Å². The van der Waals surface area contributed by atoms with E-state index in [1.54, 1.807) is 7.05 Å². The Morgan fingerprint density at radius 2 is 1.82 bits per heavy atom. The molecule has 0 saturated heterocycles. The zero-order chi connectivity index (χ0) is 25.0. The molecule has 0 aromatic heterocycles. The minimum Gasteiger partial charge on any atom is -0.467 e. The largest absolute Gasteiger partial charge is 0.467 e. The number of likely N-dealkylation sites (N-methyl/N-ethyl adjacent to an activating group) is 1. The molecule has 2 aliphatic rings. The highest BCUT2D eigenvalue weighted by atomic mass is 16.5. The first-order valence-corrected chi connectivity index (χ1v) is 11.7. The van der Waals surface area contributed by atoms with Crippen LogP contribution in [0.3, 0.4) is 0 Å². The summed E-state index contributed by atoms with van der Waals surface area (Å²) in [5, 5.41) is 26.7. The Bertz CT molecular complexity index is 946. The van der Waals surface area contributed by atoms with E-state index < -0.39 is 42.2 Å². The third kappa shape index (κ3) is 5.65. The summed E-state index contributed by atoms with van der Waals surface area (Å²) in [6.45, 7) is 4.22. The molecule has 0 unspecified atom stereocenters. The van der Waals surface area contributed by atoms with Crippen LogP contribution in [0.2, 0.25) is 0 Å². The summed E-state index contributed by atoms with van der Waals surface area (Å²) in [6, 6.07) is 5.39. The second-order valence-electron chi connectivity index (χ2n) is 9.40. The van der Waals surface area contributed by atoms with E-state index in [4.69, 9.17) is 4.74 Å². The van der Waals surface area contributed by atoms with Crippen molar-refractivity contribution in [2.24, 2.45) is 5.92 Å². The van der Waals surface area contributed by atoms with Crippen LogP contribution in [0, 0.1) is 5.92 Å². The monoisotopic (exact) mass is 473 g/mol. The summed E-state index contributed by atoms with van der Waals surface area (Å²) < 4.78 is 4.95. The van der Waals surface area contributed by atoms with E-state index in [-0.39, 0.29) is 30.4 Å². The third-order valence-corrected chi connectivity index (χ3v) is 6.51. The molecule has 1 aliphatic carbocycles. The summed E-state index contributed by atoms with van der Waals surface area (Å²) in [5.41, 5.74) is 2.15. The van der Waals surface area contributed by atoms with Crippen molar-refractivity contribution in [1.82, 2.24) is 15.5 Å². The number of hydrogen-bond donors (Lipinski definition) is 4. The van der Waals surface area contributed by atoms with Gasteiger partial charge in [0.1, 0.15) is 12.1 Å². The first-order valence-electron chi connectivity index (χ1n) is 11.7. The lowest BCUT2D eigenvalue weighted by Crippen LogP contribution is -2.56.